The predicted molar refractivity (Wildman–Crippen MR) is 149 cm³/mol. The molecule has 45 heavy (non-hydrogen) atoms. The van der Waals surface area contributed by atoms with E-state index in [0.29, 0.717) is 25.0 Å². The molecule has 2 N–H and O–H groups in total. The van der Waals surface area contributed by atoms with Crippen LogP contribution in [0, 0.1) is 0 Å². The minimum Gasteiger partial charge on any atom is -0.490 e. The van der Waals surface area contributed by atoms with Crippen molar-refractivity contribution in [1.29, 1.82) is 0 Å². The highest BCUT2D eigenvalue weighted by Crippen LogP contribution is 2.38. The Morgan fingerprint density at radius 2 is 1.36 bits per heavy atom. The first-order chi connectivity index (χ1) is 20.2. The standard InChI is InChI=1S/C15H17F5O5S.C14H19F3O2/c1-4-13(2,3)10-7-5-9(6-8-10)11(21)25-12(14(16,17)18)15(19,20)26(22,23)24;1-4-10(2)11-5-7-12(8-6-11)19-9-13(3,18)14(15,16)17/h5-8,12H,4H2,1-3H3,(H,22,23,24);5-8,10,18H,4,9H2,1-3H3. The lowest BCUT2D eigenvalue weighted by atomic mass is 9.82. The summed E-state index contributed by atoms with van der Waals surface area (Å²) in [6, 6.07) is 11.9. The van der Waals surface area contributed by atoms with E-state index in [-0.39, 0.29) is 5.41 Å². The summed E-state index contributed by atoms with van der Waals surface area (Å²) < 4.78 is 140. The molecule has 2 aromatic rings. The van der Waals surface area contributed by atoms with E-state index in [9.17, 15) is 53.4 Å². The lowest BCUT2D eigenvalue weighted by molar-refractivity contribution is -0.260. The van der Waals surface area contributed by atoms with Gasteiger partial charge in [0.15, 0.2) is 5.60 Å². The lowest BCUT2D eigenvalue weighted by Gasteiger charge is -2.26. The maximum Gasteiger partial charge on any atom is 0.432 e. The molecule has 3 atom stereocenters. The zero-order chi connectivity index (χ0) is 35.2. The Balaban J connectivity index is 0.000000472. The number of carbonyl (C=O) groups excluding carboxylic acids is 1. The number of hydrogen-bond acceptors (Lipinski definition) is 6. The lowest BCUT2D eigenvalue weighted by Crippen LogP contribution is -2.52. The largest absolute Gasteiger partial charge is 0.490 e. The number of halogens is 8. The zero-order valence-electron chi connectivity index (χ0n) is 25.3. The van der Waals surface area contributed by atoms with Crippen LogP contribution in [0.2, 0.25) is 0 Å². The van der Waals surface area contributed by atoms with E-state index in [1.807, 2.05) is 32.9 Å². The molecule has 0 aliphatic rings. The second-order valence-electron chi connectivity index (χ2n) is 11.1. The average Bonchev–Trinajstić information content (AvgIpc) is 2.93. The molecule has 0 radical (unpaired) electrons. The number of rotatable bonds is 11. The molecular formula is C29H36F8O7S. The van der Waals surface area contributed by atoms with Gasteiger partial charge >= 0.3 is 33.7 Å². The molecule has 0 saturated carbocycles. The van der Waals surface area contributed by atoms with Gasteiger partial charge in [-0.25, -0.2) is 4.79 Å². The van der Waals surface area contributed by atoms with Gasteiger partial charge in [0.25, 0.3) is 6.10 Å². The van der Waals surface area contributed by atoms with E-state index in [4.69, 9.17) is 9.29 Å². The van der Waals surface area contributed by atoms with Crippen LogP contribution in [0.15, 0.2) is 48.5 Å². The van der Waals surface area contributed by atoms with Crippen molar-refractivity contribution in [1.82, 2.24) is 0 Å². The van der Waals surface area contributed by atoms with Gasteiger partial charge in [0.1, 0.15) is 12.4 Å². The summed E-state index contributed by atoms with van der Waals surface area (Å²) in [7, 11) is -6.47. The summed E-state index contributed by atoms with van der Waals surface area (Å²) in [5, 5.41) is 3.48. The molecule has 3 unspecified atom stereocenters. The van der Waals surface area contributed by atoms with Crippen molar-refractivity contribution in [3.8, 4) is 5.75 Å². The van der Waals surface area contributed by atoms with Crippen molar-refractivity contribution in [3.63, 3.8) is 0 Å². The van der Waals surface area contributed by atoms with Crippen molar-refractivity contribution in [2.45, 2.75) is 95.0 Å². The maximum absolute atomic E-state index is 13.4. The Morgan fingerprint density at radius 1 is 0.867 bits per heavy atom. The molecule has 0 aliphatic carbocycles. The van der Waals surface area contributed by atoms with E-state index >= 15 is 0 Å². The zero-order valence-corrected chi connectivity index (χ0v) is 26.1. The van der Waals surface area contributed by atoms with Crippen LogP contribution in [0.25, 0.3) is 0 Å². The highest BCUT2D eigenvalue weighted by Gasteiger charge is 2.66. The van der Waals surface area contributed by atoms with Gasteiger partial charge in [-0.1, -0.05) is 58.9 Å². The summed E-state index contributed by atoms with van der Waals surface area (Å²) in [5.74, 6) is -1.10. The maximum atomic E-state index is 13.4. The van der Waals surface area contributed by atoms with Crippen LogP contribution in [0.4, 0.5) is 35.1 Å². The molecule has 0 spiro atoms. The van der Waals surface area contributed by atoms with Gasteiger partial charge in [-0.05, 0) is 66.5 Å². The first-order valence-electron chi connectivity index (χ1n) is 13.5. The normalized spacial score (nSPS) is 15.6. The molecule has 2 rings (SSSR count). The summed E-state index contributed by atoms with van der Waals surface area (Å²) in [4.78, 5) is 11.8. The van der Waals surface area contributed by atoms with E-state index < -0.39 is 57.6 Å². The topological polar surface area (TPSA) is 110 Å². The van der Waals surface area contributed by atoms with Crippen LogP contribution in [0.5, 0.6) is 5.75 Å². The third-order valence-corrected chi connectivity index (χ3v) is 8.05. The smallest absolute Gasteiger partial charge is 0.432 e. The van der Waals surface area contributed by atoms with Gasteiger partial charge in [0.05, 0.1) is 5.56 Å². The quantitative estimate of drug-likeness (QED) is 0.141. The third-order valence-electron chi connectivity index (χ3n) is 7.15. The number of hydrogen-bond donors (Lipinski definition) is 2. The monoisotopic (exact) mass is 680 g/mol. The number of carbonyl (C=O) groups is 1. The van der Waals surface area contributed by atoms with Crippen molar-refractivity contribution >= 4 is 16.1 Å². The number of alkyl halides is 8. The van der Waals surface area contributed by atoms with Crippen LogP contribution in [0.3, 0.4) is 0 Å². The molecule has 0 heterocycles. The average molecular weight is 681 g/mol. The minimum absolute atomic E-state index is 0.297. The van der Waals surface area contributed by atoms with Gasteiger partial charge in [-0.15, -0.1) is 0 Å². The molecule has 0 aliphatic heterocycles. The van der Waals surface area contributed by atoms with Crippen molar-refractivity contribution < 1.29 is 67.5 Å². The molecule has 0 aromatic heterocycles. The summed E-state index contributed by atoms with van der Waals surface area (Å²) in [6.45, 7) is 9.67. The Kier molecular flexibility index (Phi) is 13.0. The number of aliphatic hydroxyl groups is 1. The number of esters is 1. The molecule has 2 aromatic carbocycles. The molecule has 256 valence electrons. The fraction of sp³-hybridized carbons (Fsp3) is 0.552. The SMILES string of the molecule is CCC(C)(C)c1ccc(C(=O)OC(C(F)(F)F)C(F)(F)S(=O)(=O)O)cc1.CCC(C)c1ccc(OCC(C)(O)C(F)(F)F)cc1. The summed E-state index contributed by atoms with van der Waals surface area (Å²) in [6.07, 6.45) is -13.3. The van der Waals surface area contributed by atoms with Crippen LogP contribution in [-0.2, 0) is 20.3 Å². The van der Waals surface area contributed by atoms with Gasteiger partial charge < -0.3 is 14.6 Å². The molecule has 16 heteroatoms. The van der Waals surface area contributed by atoms with Gasteiger partial charge in [-0.3, -0.25) is 4.55 Å². The first kappa shape index (κ1) is 40.0. The molecule has 0 fully saturated rings. The highest BCUT2D eigenvalue weighted by atomic mass is 32.2. The highest BCUT2D eigenvalue weighted by molar-refractivity contribution is 7.86. The first-order valence-corrected chi connectivity index (χ1v) is 14.9. The molecule has 0 saturated heterocycles. The van der Waals surface area contributed by atoms with Crippen LogP contribution in [-0.4, -0.2) is 60.0 Å². The molecule has 7 nitrogen and oxygen atoms in total. The van der Waals surface area contributed by atoms with Gasteiger partial charge in [0.2, 0.25) is 0 Å². The second kappa shape index (κ2) is 14.6. The second-order valence-corrected chi connectivity index (χ2v) is 12.6. The minimum atomic E-state index is -6.47. The molecular weight excluding hydrogens is 644 g/mol. The Hall–Kier alpha value is -2.98. The Morgan fingerprint density at radius 3 is 1.73 bits per heavy atom. The van der Waals surface area contributed by atoms with E-state index in [0.717, 1.165) is 29.7 Å². The van der Waals surface area contributed by atoms with E-state index in [1.54, 1.807) is 12.1 Å². The van der Waals surface area contributed by atoms with E-state index in [1.165, 1.54) is 12.1 Å². The summed E-state index contributed by atoms with van der Waals surface area (Å²) in [5.41, 5.74) is -1.78. The summed E-state index contributed by atoms with van der Waals surface area (Å²) >= 11 is 0. The van der Waals surface area contributed by atoms with Crippen LogP contribution in [0.1, 0.15) is 81.8 Å². The molecule has 0 bridgehead atoms. The Bertz CT molecular complexity index is 1350. The van der Waals surface area contributed by atoms with E-state index in [2.05, 4.69) is 18.6 Å². The van der Waals surface area contributed by atoms with Gasteiger partial charge in [-0.2, -0.15) is 43.5 Å². The molecule has 0 amide bonds. The van der Waals surface area contributed by atoms with Gasteiger partial charge in [0, 0.05) is 0 Å². The van der Waals surface area contributed by atoms with Crippen LogP contribution >= 0.6 is 0 Å². The fourth-order valence-electron chi connectivity index (χ4n) is 3.33. The van der Waals surface area contributed by atoms with Crippen molar-refractivity contribution in [2.75, 3.05) is 6.61 Å². The third kappa shape index (κ3) is 10.8. The predicted octanol–water partition coefficient (Wildman–Crippen LogP) is 7.83. The van der Waals surface area contributed by atoms with Crippen LogP contribution < -0.4 is 4.74 Å². The van der Waals surface area contributed by atoms with Crippen molar-refractivity contribution in [2.24, 2.45) is 0 Å². The fourth-order valence-corrected chi connectivity index (χ4v) is 3.78. The number of benzene rings is 2. The van der Waals surface area contributed by atoms with Crippen molar-refractivity contribution in [3.05, 3.63) is 65.2 Å². The number of ether oxygens (including phenoxy) is 2. The Labute approximate surface area is 256 Å².